The lowest BCUT2D eigenvalue weighted by Gasteiger charge is -2.27. The molecular formula is C12H20S. The summed E-state index contributed by atoms with van der Waals surface area (Å²) in [5.41, 5.74) is 4.29. The van der Waals surface area contributed by atoms with E-state index in [-0.39, 0.29) is 0 Å². The molecule has 0 N–H and O–H groups in total. The molecule has 0 atom stereocenters. The molecule has 0 bridgehead atoms. The maximum absolute atomic E-state index is 2.34. The molecule has 0 saturated heterocycles. The zero-order chi connectivity index (χ0) is 10.2. The Morgan fingerprint density at radius 1 is 0.846 bits per heavy atom. The molecule has 0 fully saturated rings. The molecule has 1 aromatic carbocycles. The fourth-order valence-electron chi connectivity index (χ4n) is 1.35. The van der Waals surface area contributed by atoms with Crippen LogP contribution in [0, 0.1) is 20.8 Å². The third kappa shape index (κ3) is 2.28. The Labute approximate surface area is 83.7 Å². The maximum Gasteiger partial charge on any atom is -0.0101 e. The average Bonchev–Trinajstić information content (AvgIpc) is 1.97. The number of rotatable bonds is 1. The first-order valence-electron chi connectivity index (χ1n) is 4.58. The van der Waals surface area contributed by atoms with Crippen molar-refractivity contribution in [3.8, 4) is 0 Å². The Bertz CT molecular complexity index is 295. The van der Waals surface area contributed by atoms with Gasteiger partial charge in [0.1, 0.15) is 0 Å². The Balaban J connectivity index is 3.29. The van der Waals surface area contributed by atoms with Crippen molar-refractivity contribution in [3.05, 3.63) is 28.8 Å². The van der Waals surface area contributed by atoms with Gasteiger partial charge in [0.05, 0.1) is 0 Å². The fraction of sp³-hybridized carbons (Fsp3) is 0.500. The molecule has 13 heavy (non-hydrogen) atoms. The monoisotopic (exact) mass is 196 g/mol. The first-order valence-corrected chi connectivity index (χ1v) is 7.44. The van der Waals surface area contributed by atoms with E-state index >= 15 is 0 Å². The van der Waals surface area contributed by atoms with Gasteiger partial charge in [-0.15, -0.1) is 0 Å². The van der Waals surface area contributed by atoms with Crippen molar-refractivity contribution < 1.29 is 0 Å². The van der Waals surface area contributed by atoms with E-state index in [1.54, 1.807) is 0 Å². The van der Waals surface area contributed by atoms with E-state index in [9.17, 15) is 0 Å². The van der Waals surface area contributed by atoms with E-state index in [0.717, 1.165) is 0 Å². The molecule has 0 unspecified atom stereocenters. The Morgan fingerprint density at radius 3 is 1.54 bits per heavy atom. The first-order chi connectivity index (χ1) is 5.82. The third-order valence-electron chi connectivity index (χ3n) is 2.61. The SMILES string of the molecule is Cc1cc(S(C)(C)C)cc(C)c1C. The van der Waals surface area contributed by atoms with Crippen molar-refractivity contribution in [1.29, 1.82) is 0 Å². The smallest absolute Gasteiger partial charge is 0.0101 e. The van der Waals surface area contributed by atoms with Crippen LogP contribution in [0.3, 0.4) is 0 Å². The van der Waals surface area contributed by atoms with Crippen molar-refractivity contribution in [2.45, 2.75) is 25.7 Å². The summed E-state index contributed by atoms with van der Waals surface area (Å²) in [6.07, 6.45) is 7.03. The van der Waals surface area contributed by atoms with E-state index < -0.39 is 10.0 Å². The van der Waals surface area contributed by atoms with Crippen LogP contribution in [0.2, 0.25) is 0 Å². The van der Waals surface area contributed by atoms with Crippen LogP contribution in [0.4, 0.5) is 0 Å². The van der Waals surface area contributed by atoms with E-state index in [4.69, 9.17) is 0 Å². The molecule has 74 valence electrons. The topological polar surface area (TPSA) is 0 Å². The van der Waals surface area contributed by atoms with Crippen LogP contribution < -0.4 is 0 Å². The van der Waals surface area contributed by atoms with Crippen LogP contribution >= 0.6 is 10.0 Å². The van der Waals surface area contributed by atoms with Gasteiger partial charge in [-0.1, -0.05) is 0 Å². The first kappa shape index (κ1) is 10.6. The summed E-state index contributed by atoms with van der Waals surface area (Å²) >= 11 is 0. The fourth-order valence-corrected chi connectivity index (χ4v) is 2.41. The molecule has 0 aliphatic rings. The van der Waals surface area contributed by atoms with Gasteiger partial charge in [0.2, 0.25) is 0 Å². The van der Waals surface area contributed by atoms with Crippen LogP contribution in [-0.2, 0) is 0 Å². The molecule has 0 saturated carbocycles. The highest BCUT2D eigenvalue weighted by atomic mass is 32.3. The third-order valence-corrected chi connectivity index (χ3v) is 4.26. The van der Waals surface area contributed by atoms with Crippen LogP contribution in [0.25, 0.3) is 0 Å². The van der Waals surface area contributed by atoms with Crippen molar-refractivity contribution in [2.24, 2.45) is 0 Å². The predicted molar refractivity (Wildman–Crippen MR) is 64.3 cm³/mol. The highest BCUT2D eigenvalue weighted by molar-refractivity contribution is 8.32. The summed E-state index contributed by atoms with van der Waals surface area (Å²) in [5, 5.41) is 0. The van der Waals surface area contributed by atoms with Gasteiger partial charge in [-0.2, -0.15) is 0 Å². The largest absolute Gasteiger partial charge is 0.223 e. The highest BCUT2D eigenvalue weighted by Gasteiger charge is 2.10. The van der Waals surface area contributed by atoms with Crippen molar-refractivity contribution >= 4 is 10.0 Å². The van der Waals surface area contributed by atoms with Gasteiger partial charge in [0.15, 0.2) is 0 Å². The minimum Gasteiger partial charge on any atom is -0.223 e. The van der Waals surface area contributed by atoms with E-state index in [0.29, 0.717) is 0 Å². The maximum atomic E-state index is 2.34. The van der Waals surface area contributed by atoms with Crippen molar-refractivity contribution in [1.82, 2.24) is 0 Å². The summed E-state index contributed by atoms with van der Waals surface area (Å²) in [5.74, 6) is 0. The van der Waals surface area contributed by atoms with Gasteiger partial charge in [0.25, 0.3) is 0 Å². The summed E-state index contributed by atoms with van der Waals surface area (Å²) in [6, 6.07) is 4.69. The Morgan fingerprint density at radius 2 is 1.23 bits per heavy atom. The Kier molecular flexibility index (Phi) is 2.76. The van der Waals surface area contributed by atoms with Gasteiger partial charge in [-0.05, 0) is 73.3 Å². The molecule has 0 nitrogen and oxygen atoms in total. The second-order valence-corrected chi connectivity index (χ2v) is 8.66. The van der Waals surface area contributed by atoms with Crippen molar-refractivity contribution in [3.63, 3.8) is 0 Å². The molecule has 0 aromatic heterocycles. The molecule has 0 aliphatic heterocycles. The minimum atomic E-state index is -0.565. The summed E-state index contributed by atoms with van der Waals surface area (Å²) < 4.78 is 0. The van der Waals surface area contributed by atoms with Gasteiger partial charge < -0.3 is 0 Å². The number of benzene rings is 1. The molecule has 0 amide bonds. The molecule has 0 aliphatic carbocycles. The van der Waals surface area contributed by atoms with Crippen LogP contribution in [-0.4, -0.2) is 18.8 Å². The summed E-state index contributed by atoms with van der Waals surface area (Å²) in [7, 11) is -0.565. The molecule has 1 aromatic rings. The highest BCUT2D eigenvalue weighted by Crippen LogP contribution is 2.46. The molecule has 0 heterocycles. The van der Waals surface area contributed by atoms with Crippen molar-refractivity contribution in [2.75, 3.05) is 18.8 Å². The number of hydrogen-bond donors (Lipinski definition) is 0. The zero-order valence-corrected chi connectivity index (χ0v) is 10.4. The van der Waals surface area contributed by atoms with Crippen LogP contribution in [0.5, 0.6) is 0 Å². The van der Waals surface area contributed by atoms with Gasteiger partial charge in [-0.25, -0.2) is 10.0 Å². The second-order valence-electron chi connectivity index (χ2n) is 4.52. The van der Waals surface area contributed by atoms with Gasteiger partial charge in [-0.3, -0.25) is 0 Å². The molecule has 1 rings (SSSR count). The van der Waals surface area contributed by atoms with E-state index in [2.05, 4.69) is 51.7 Å². The van der Waals surface area contributed by atoms with Crippen LogP contribution in [0.1, 0.15) is 16.7 Å². The predicted octanol–water partition coefficient (Wildman–Crippen LogP) is 3.66. The van der Waals surface area contributed by atoms with Gasteiger partial charge >= 0.3 is 0 Å². The minimum absolute atomic E-state index is 0.565. The average molecular weight is 196 g/mol. The Hall–Kier alpha value is -0.430. The molecule has 1 heteroatoms. The number of hydrogen-bond acceptors (Lipinski definition) is 0. The summed E-state index contributed by atoms with van der Waals surface area (Å²) in [4.78, 5) is 1.52. The quantitative estimate of drug-likeness (QED) is 0.643. The number of aryl methyl sites for hydroxylation is 2. The molecule has 0 spiro atoms. The normalized spacial score (nSPS) is 13.1. The second kappa shape index (κ2) is 3.38. The molecular weight excluding hydrogens is 176 g/mol. The zero-order valence-electron chi connectivity index (χ0n) is 9.56. The van der Waals surface area contributed by atoms with E-state index in [1.165, 1.54) is 21.6 Å². The van der Waals surface area contributed by atoms with Crippen LogP contribution in [0.15, 0.2) is 17.0 Å². The lowest BCUT2D eigenvalue weighted by atomic mass is 10.1. The summed E-state index contributed by atoms with van der Waals surface area (Å²) in [6.45, 7) is 6.61. The van der Waals surface area contributed by atoms with Gasteiger partial charge in [0, 0.05) is 0 Å². The lowest BCUT2D eigenvalue weighted by molar-refractivity contribution is 1.21. The standard InChI is InChI=1S/C12H20S/c1-9-7-12(13(4,5)6)8-10(2)11(9)3/h7-8H,1-6H3. The molecule has 0 radical (unpaired) electrons. The lowest BCUT2D eigenvalue weighted by Crippen LogP contribution is -1.96. The van der Waals surface area contributed by atoms with E-state index in [1.807, 2.05) is 0 Å².